The first-order chi connectivity index (χ1) is 12.0. The second kappa shape index (κ2) is 9.05. The van der Waals surface area contributed by atoms with Crippen LogP contribution < -0.4 is 10.1 Å². The van der Waals surface area contributed by atoms with Gasteiger partial charge in [-0.05, 0) is 30.0 Å². The molecule has 1 saturated heterocycles. The quantitative estimate of drug-likeness (QED) is 0.270. The lowest BCUT2D eigenvalue weighted by atomic mass is 10.2. The van der Waals surface area contributed by atoms with Crippen molar-refractivity contribution in [1.82, 2.24) is 5.32 Å². The van der Waals surface area contributed by atoms with E-state index in [0.29, 0.717) is 22.9 Å². The number of nitrogens with one attached hydrogen (secondary N) is 1. The highest BCUT2D eigenvalue weighted by Gasteiger charge is 2.24. The highest BCUT2D eigenvalue weighted by Crippen LogP contribution is 2.24. The summed E-state index contributed by atoms with van der Waals surface area (Å²) >= 11 is 6.96. The number of amidine groups is 1. The first-order valence-electron chi connectivity index (χ1n) is 6.96. The summed E-state index contributed by atoms with van der Waals surface area (Å²) in [6.07, 6.45) is 4.16. The molecule has 0 unspecified atom stereocenters. The molecule has 1 N–H and O–H groups in total. The van der Waals surface area contributed by atoms with Crippen LogP contribution in [0.1, 0.15) is 5.56 Å². The molecule has 9 heteroatoms. The van der Waals surface area contributed by atoms with Gasteiger partial charge < -0.3 is 9.47 Å². The average Bonchev–Trinajstić information content (AvgIpc) is 2.93. The van der Waals surface area contributed by atoms with E-state index in [4.69, 9.17) is 16.3 Å². The molecule has 1 aliphatic heterocycles. The maximum absolute atomic E-state index is 11.7. The summed E-state index contributed by atoms with van der Waals surface area (Å²) in [6.45, 7) is 3.93. The molecule has 0 radical (unpaired) electrons. The largest absolute Gasteiger partial charge is 0.489 e. The average molecular weight is 380 g/mol. The number of rotatable bonds is 6. The van der Waals surface area contributed by atoms with Crippen LogP contribution in [0.3, 0.4) is 0 Å². The van der Waals surface area contributed by atoms with E-state index in [9.17, 15) is 9.59 Å². The Bertz CT molecular complexity index is 790. The Morgan fingerprint density at radius 3 is 3.00 bits per heavy atom. The lowest BCUT2D eigenvalue weighted by Crippen LogP contribution is -2.19. The number of ether oxygens (including phenoxy) is 2. The number of halogens is 1. The summed E-state index contributed by atoms with van der Waals surface area (Å²) in [5, 5.41) is 11.1. The molecule has 0 bridgehead atoms. The molecule has 25 heavy (non-hydrogen) atoms. The van der Waals surface area contributed by atoms with Crippen molar-refractivity contribution in [3.63, 3.8) is 0 Å². The summed E-state index contributed by atoms with van der Waals surface area (Å²) in [5.74, 6) is -0.491. The third-order valence-electron chi connectivity index (χ3n) is 2.77. The topological polar surface area (TPSA) is 89.4 Å². The Balaban J connectivity index is 2.13. The zero-order valence-electron chi connectivity index (χ0n) is 13.2. The zero-order chi connectivity index (χ0) is 18.2. The highest BCUT2D eigenvalue weighted by molar-refractivity contribution is 8.18. The molecule has 1 aromatic rings. The standard InChI is InChI=1S/C16H14ClN3O4S/c1-3-6-24-12-5-4-11(17)7-10(12)9-18-20-16-19-15(22)13(25-16)8-14(21)23-2/h3-5,7-9H,1,6H2,2H3,(H,19,20,22)/b13-8+,18-9?. The lowest BCUT2D eigenvalue weighted by Gasteiger charge is -2.06. The lowest BCUT2D eigenvalue weighted by molar-refractivity contribution is -0.135. The summed E-state index contributed by atoms with van der Waals surface area (Å²) in [5.41, 5.74) is 0.623. The van der Waals surface area contributed by atoms with Crippen LogP contribution in [-0.2, 0) is 14.3 Å². The predicted octanol–water partition coefficient (Wildman–Crippen LogP) is 2.51. The number of amides is 1. The predicted molar refractivity (Wildman–Crippen MR) is 98.0 cm³/mol. The van der Waals surface area contributed by atoms with Crippen LogP contribution in [-0.4, -0.2) is 37.0 Å². The maximum Gasteiger partial charge on any atom is 0.331 e. The van der Waals surface area contributed by atoms with Gasteiger partial charge in [0.2, 0.25) is 0 Å². The van der Waals surface area contributed by atoms with E-state index in [1.54, 1.807) is 24.3 Å². The zero-order valence-corrected chi connectivity index (χ0v) is 14.8. The molecule has 0 spiro atoms. The fourth-order valence-corrected chi connectivity index (χ4v) is 2.60. The van der Waals surface area contributed by atoms with Gasteiger partial charge in [0, 0.05) is 16.7 Å². The van der Waals surface area contributed by atoms with E-state index in [-0.39, 0.29) is 10.1 Å². The fourth-order valence-electron chi connectivity index (χ4n) is 1.68. The monoisotopic (exact) mass is 379 g/mol. The normalized spacial score (nSPS) is 17.1. The van der Waals surface area contributed by atoms with Gasteiger partial charge in [0.15, 0.2) is 5.17 Å². The van der Waals surface area contributed by atoms with Crippen molar-refractivity contribution in [3.8, 4) is 5.75 Å². The van der Waals surface area contributed by atoms with Crippen molar-refractivity contribution in [2.24, 2.45) is 10.2 Å². The number of hydrogen-bond acceptors (Lipinski definition) is 7. The number of esters is 1. The van der Waals surface area contributed by atoms with Gasteiger partial charge in [-0.25, -0.2) is 4.79 Å². The molecule has 1 amide bonds. The number of benzene rings is 1. The molecule has 1 heterocycles. The first kappa shape index (κ1) is 18.8. The molecular formula is C16H14ClN3O4S. The van der Waals surface area contributed by atoms with E-state index in [1.807, 2.05) is 0 Å². The van der Waals surface area contributed by atoms with Crippen molar-refractivity contribution in [2.45, 2.75) is 0 Å². The molecular weight excluding hydrogens is 366 g/mol. The van der Waals surface area contributed by atoms with Crippen molar-refractivity contribution in [2.75, 3.05) is 13.7 Å². The van der Waals surface area contributed by atoms with E-state index in [1.165, 1.54) is 13.3 Å². The molecule has 0 atom stereocenters. The molecule has 1 aliphatic rings. The van der Waals surface area contributed by atoms with Gasteiger partial charge in [0.25, 0.3) is 5.91 Å². The van der Waals surface area contributed by atoms with E-state index >= 15 is 0 Å². The van der Waals surface area contributed by atoms with Gasteiger partial charge in [0.05, 0.1) is 18.2 Å². The summed E-state index contributed by atoms with van der Waals surface area (Å²) in [6, 6.07) is 5.08. The molecule has 1 aromatic carbocycles. The molecule has 7 nitrogen and oxygen atoms in total. The molecule has 0 saturated carbocycles. The van der Waals surface area contributed by atoms with Gasteiger partial charge in [-0.2, -0.15) is 5.10 Å². The second-order valence-electron chi connectivity index (χ2n) is 4.52. The molecule has 2 rings (SSSR count). The van der Waals surface area contributed by atoms with Crippen LogP contribution >= 0.6 is 23.4 Å². The number of carbonyl (C=O) groups excluding carboxylic acids is 2. The third-order valence-corrected chi connectivity index (χ3v) is 3.91. The number of methoxy groups -OCH3 is 1. The minimum absolute atomic E-state index is 0.179. The molecule has 0 aromatic heterocycles. The van der Waals surface area contributed by atoms with Gasteiger partial charge in [-0.1, -0.05) is 24.3 Å². The summed E-state index contributed by atoms with van der Waals surface area (Å²) < 4.78 is 9.98. The van der Waals surface area contributed by atoms with Crippen LogP contribution in [0.4, 0.5) is 0 Å². The second-order valence-corrected chi connectivity index (χ2v) is 5.99. The number of carbonyl (C=O) groups is 2. The smallest absolute Gasteiger partial charge is 0.331 e. The Hall–Kier alpha value is -2.58. The van der Waals surface area contributed by atoms with Crippen molar-refractivity contribution in [3.05, 3.63) is 52.4 Å². The first-order valence-corrected chi connectivity index (χ1v) is 8.16. The molecule has 130 valence electrons. The summed E-state index contributed by atoms with van der Waals surface area (Å²) in [4.78, 5) is 23.1. The maximum atomic E-state index is 11.7. The van der Waals surface area contributed by atoms with Crippen molar-refractivity contribution in [1.29, 1.82) is 0 Å². The van der Waals surface area contributed by atoms with E-state index < -0.39 is 11.9 Å². The molecule has 1 fully saturated rings. The number of hydrogen-bond donors (Lipinski definition) is 1. The van der Waals surface area contributed by atoms with Gasteiger partial charge >= 0.3 is 5.97 Å². The van der Waals surface area contributed by atoms with Crippen LogP contribution in [0.15, 0.2) is 52.0 Å². The molecule has 0 aliphatic carbocycles. The van der Waals surface area contributed by atoms with Crippen LogP contribution in [0.2, 0.25) is 5.02 Å². The van der Waals surface area contributed by atoms with Crippen molar-refractivity contribution < 1.29 is 19.1 Å². The van der Waals surface area contributed by atoms with Crippen LogP contribution in [0.25, 0.3) is 0 Å². The van der Waals surface area contributed by atoms with Gasteiger partial charge in [0.1, 0.15) is 12.4 Å². The van der Waals surface area contributed by atoms with Crippen molar-refractivity contribution >= 4 is 46.6 Å². The Kier molecular flexibility index (Phi) is 6.79. The Morgan fingerprint density at radius 1 is 1.48 bits per heavy atom. The SMILES string of the molecule is C=CCOc1ccc(Cl)cc1C=N/N=C1/NC(=O)/C(=C\C(=O)OC)S1. The summed E-state index contributed by atoms with van der Waals surface area (Å²) in [7, 11) is 1.23. The number of thioether (sulfide) groups is 1. The van der Waals surface area contributed by atoms with E-state index in [0.717, 1.165) is 17.8 Å². The van der Waals surface area contributed by atoms with Crippen LogP contribution in [0, 0.1) is 0 Å². The Labute approximate surface area is 153 Å². The van der Waals surface area contributed by atoms with Crippen LogP contribution in [0.5, 0.6) is 5.75 Å². The van der Waals surface area contributed by atoms with Gasteiger partial charge in [-0.3, -0.25) is 10.1 Å². The Morgan fingerprint density at radius 2 is 2.28 bits per heavy atom. The van der Waals surface area contributed by atoms with Gasteiger partial charge in [-0.15, -0.1) is 5.10 Å². The third kappa shape index (κ3) is 5.47. The number of nitrogens with zero attached hydrogens (tertiary/aromatic N) is 2. The van der Waals surface area contributed by atoms with E-state index in [2.05, 4.69) is 26.8 Å². The fraction of sp³-hybridized carbons (Fsp3) is 0.125. The minimum atomic E-state index is -0.620. The minimum Gasteiger partial charge on any atom is -0.489 e. The highest BCUT2D eigenvalue weighted by atomic mass is 35.5.